The average Bonchev–Trinajstić information content (AvgIpc) is 3.33. The van der Waals surface area contributed by atoms with Crippen molar-refractivity contribution in [2.75, 3.05) is 18.4 Å². The minimum atomic E-state index is -4.77. The fraction of sp³-hybridized carbons (Fsp3) is 0.200. The van der Waals surface area contributed by atoms with E-state index in [0.717, 1.165) is 52.4 Å². The zero-order valence-electron chi connectivity index (χ0n) is 39.8. The smallest absolute Gasteiger partial charge is 0.384 e. The summed E-state index contributed by atoms with van der Waals surface area (Å²) in [6, 6.07) is 60.4. The van der Waals surface area contributed by atoms with E-state index >= 15 is 0 Å². The highest BCUT2D eigenvalue weighted by Crippen LogP contribution is 2.40. The van der Waals surface area contributed by atoms with E-state index in [4.69, 9.17) is 5.73 Å². The Hall–Kier alpha value is -6.56. The molecule has 0 unspecified atom stereocenters. The fourth-order valence-corrected chi connectivity index (χ4v) is 9.16. The van der Waals surface area contributed by atoms with Crippen LogP contribution in [0.3, 0.4) is 0 Å². The molecule has 0 aliphatic carbocycles. The van der Waals surface area contributed by atoms with Gasteiger partial charge in [0.25, 0.3) is 0 Å². The van der Waals surface area contributed by atoms with Gasteiger partial charge in [0, 0.05) is 34.1 Å². The van der Waals surface area contributed by atoms with E-state index in [2.05, 4.69) is 150 Å². The van der Waals surface area contributed by atoms with Crippen LogP contribution in [0.4, 0.5) is 40.8 Å². The predicted octanol–water partition coefficient (Wildman–Crippen LogP) is 16.5. The Balaban J connectivity index is 0.000000197. The third-order valence-electron chi connectivity index (χ3n) is 12.4. The van der Waals surface area contributed by atoms with Crippen LogP contribution >= 0.6 is 15.9 Å². The molecule has 0 fully saturated rings. The SMILES string of the molecule is Cc1cccc(C(CN)(Cc2ccccc2)c2cccc(C)c2)c1.Cc1cccc(C(CNc2ccc(F)c(C(F)(F)F)c2)(Cc2ccccc2)c2cccc(C)c2)c1.Fc1ccc(Br)cc1C(F)(F)F. The second-order valence-corrected chi connectivity index (χ2v) is 18.8. The van der Waals surface area contributed by atoms with Crippen molar-refractivity contribution in [1.29, 1.82) is 0 Å². The molecule has 71 heavy (non-hydrogen) atoms. The van der Waals surface area contributed by atoms with Gasteiger partial charge in [0.15, 0.2) is 0 Å². The molecule has 0 saturated carbocycles. The lowest BCUT2D eigenvalue weighted by Gasteiger charge is -2.37. The van der Waals surface area contributed by atoms with Crippen LogP contribution in [0.1, 0.15) is 66.8 Å². The quantitative estimate of drug-likeness (QED) is 0.120. The minimum absolute atomic E-state index is 0.205. The molecule has 8 rings (SSSR count). The third-order valence-corrected chi connectivity index (χ3v) is 12.9. The molecule has 3 N–H and O–H groups in total. The first kappa shape index (κ1) is 53.8. The first-order valence-electron chi connectivity index (χ1n) is 22.9. The second-order valence-electron chi connectivity index (χ2n) is 17.8. The van der Waals surface area contributed by atoms with Gasteiger partial charge in [-0.25, -0.2) is 8.78 Å². The Bertz CT molecular complexity index is 2900. The summed E-state index contributed by atoms with van der Waals surface area (Å²) in [4.78, 5) is 0. The van der Waals surface area contributed by atoms with Gasteiger partial charge >= 0.3 is 12.4 Å². The van der Waals surface area contributed by atoms with E-state index in [0.29, 0.717) is 25.6 Å². The molecular weight excluding hydrogens is 981 g/mol. The van der Waals surface area contributed by atoms with Gasteiger partial charge in [0.2, 0.25) is 0 Å². The number of alkyl halides is 6. The van der Waals surface area contributed by atoms with Gasteiger partial charge < -0.3 is 11.1 Å². The lowest BCUT2D eigenvalue weighted by Crippen LogP contribution is -2.38. The Labute approximate surface area is 419 Å². The Morgan fingerprint density at radius 2 is 0.789 bits per heavy atom. The van der Waals surface area contributed by atoms with Crippen molar-refractivity contribution >= 4 is 21.6 Å². The van der Waals surface area contributed by atoms with Crippen LogP contribution in [0.25, 0.3) is 0 Å². The number of anilines is 1. The molecule has 2 nitrogen and oxygen atoms in total. The second kappa shape index (κ2) is 23.6. The maximum absolute atomic E-state index is 13.9. The van der Waals surface area contributed by atoms with E-state index in [1.54, 1.807) is 0 Å². The van der Waals surface area contributed by atoms with E-state index in [-0.39, 0.29) is 15.6 Å². The molecule has 0 radical (unpaired) electrons. The van der Waals surface area contributed by atoms with E-state index < -0.39 is 40.5 Å². The van der Waals surface area contributed by atoms with Crippen molar-refractivity contribution in [2.45, 2.75) is 63.7 Å². The third kappa shape index (κ3) is 14.1. The molecule has 0 aliphatic rings. The van der Waals surface area contributed by atoms with Gasteiger partial charge in [0.1, 0.15) is 11.6 Å². The summed E-state index contributed by atoms with van der Waals surface area (Å²) in [5, 5.41) is 3.21. The maximum Gasteiger partial charge on any atom is 0.419 e. The number of hydrogen-bond donors (Lipinski definition) is 2. The number of rotatable bonds is 12. The number of halogens is 9. The normalized spacial score (nSPS) is 11.7. The van der Waals surface area contributed by atoms with Crippen molar-refractivity contribution in [3.05, 3.63) is 277 Å². The number of aryl methyl sites for hydroxylation is 4. The van der Waals surface area contributed by atoms with Gasteiger partial charge in [-0.3, -0.25) is 0 Å². The molecule has 0 aromatic heterocycles. The Kier molecular flexibility index (Phi) is 17.9. The molecule has 368 valence electrons. The largest absolute Gasteiger partial charge is 0.419 e. The summed E-state index contributed by atoms with van der Waals surface area (Å²) in [5.41, 5.74) is 15.1. The van der Waals surface area contributed by atoms with Crippen LogP contribution in [0.2, 0.25) is 0 Å². The molecule has 0 aliphatic heterocycles. The molecule has 0 amide bonds. The van der Waals surface area contributed by atoms with E-state index in [1.165, 1.54) is 39.9 Å². The first-order chi connectivity index (χ1) is 33.7. The topological polar surface area (TPSA) is 38.0 Å². The molecule has 8 aromatic rings. The molecule has 11 heteroatoms. The zero-order chi connectivity index (χ0) is 51.4. The summed E-state index contributed by atoms with van der Waals surface area (Å²) >= 11 is 2.82. The summed E-state index contributed by atoms with van der Waals surface area (Å²) in [6.45, 7) is 9.23. The number of nitrogens with one attached hydrogen (secondary N) is 1. The molecule has 0 saturated heterocycles. The Morgan fingerprint density at radius 1 is 0.423 bits per heavy atom. The summed E-state index contributed by atoms with van der Waals surface area (Å²) in [6.07, 6.45) is -7.87. The number of nitrogens with two attached hydrogens (primary N) is 1. The average molecular weight is 1040 g/mol. The lowest BCUT2D eigenvalue weighted by atomic mass is 9.69. The van der Waals surface area contributed by atoms with Crippen LogP contribution in [0.15, 0.2) is 199 Å². The van der Waals surface area contributed by atoms with Crippen LogP contribution in [0.5, 0.6) is 0 Å². The zero-order valence-corrected chi connectivity index (χ0v) is 41.4. The van der Waals surface area contributed by atoms with Crippen molar-refractivity contribution < 1.29 is 35.1 Å². The molecule has 0 heterocycles. The highest BCUT2D eigenvalue weighted by atomic mass is 79.9. The van der Waals surface area contributed by atoms with E-state index in [9.17, 15) is 35.1 Å². The summed E-state index contributed by atoms with van der Waals surface area (Å²) in [5.74, 6) is -2.54. The fourth-order valence-electron chi connectivity index (χ4n) is 8.80. The minimum Gasteiger partial charge on any atom is -0.384 e. The highest BCUT2D eigenvalue weighted by molar-refractivity contribution is 9.10. The van der Waals surface area contributed by atoms with Crippen LogP contribution in [-0.4, -0.2) is 13.1 Å². The predicted molar refractivity (Wildman–Crippen MR) is 275 cm³/mol. The van der Waals surface area contributed by atoms with Crippen molar-refractivity contribution in [3.8, 4) is 0 Å². The van der Waals surface area contributed by atoms with Gasteiger partial charge in [-0.05, 0) is 110 Å². The summed E-state index contributed by atoms with van der Waals surface area (Å²) < 4.78 is 103. The standard InChI is InChI=1S/C30H27F4N.C23H25N.C7H3BrF4/c1-21-8-6-12-24(16-21)29(19-23-10-4-3-5-11-23,25-13-7-9-22(2)17-25)20-35-26-14-15-28(31)27(18-26)30(32,33)34;1-18-8-6-12-21(14-18)23(17-24,16-20-10-4-3-5-11-20)22-13-7-9-19(2)15-22;8-4-1-2-6(9)5(3-4)7(10,11)12/h3-18,35H,19-20H2,1-2H3;3-15H,16-17,24H2,1-2H3;1-3H. The molecular formula is C60H55BrF8N2. The molecule has 0 bridgehead atoms. The van der Waals surface area contributed by atoms with Crippen molar-refractivity contribution in [3.63, 3.8) is 0 Å². The first-order valence-corrected chi connectivity index (χ1v) is 23.7. The van der Waals surface area contributed by atoms with Gasteiger partial charge in [-0.2, -0.15) is 26.3 Å². The van der Waals surface area contributed by atoms with Crippen LogP contribution in [-0.2, 0) is 36.0 Å². The van der Waals surface area contributed by atoms with E-state index in [1.807, 2.05) is 56.3 Å². The number of hydrogen-bond acceptors (Lipinski definition) is 2. The van der Waals surface area contributed by atoms with Crippen molar-refractivity contribution in [2.24, 2.45) is 5.73 Å². The number of benzene rings is 8. The Morgan fingerprint density at radius 3 is 1.15 bits per heavy atom. The molecule has 8 aromatic carbocycles. The monoisotopic (exact) mass is 1030 g/mol. The lowest BCUT2D eigenvalue weighted by molar-refractivity contribution is -0.140. The summed E-state index contributed by atoms with van der Waals surface area (Å²) in [7, 11) is 0. The maximum atomic E-state index is 13.9. The van der Waals surface area contributed by atoms with Gasteiger partial charge in [0.05, 0.1) is 11.1 Å². The van der Waals surface area contributed by atoms with Gasteiger partial charge in [-0.1, -0.05) is 196 Å². The molecule has 0 spiro atoms. The molecule has 0 atom stereocenters. The van der Waals surface area contributed by atoms with Crippen molar-refractivity contribution in [1.82, 2.24) is 0 Å². The van der Waals surface area contributed by atoms with Crippen LogP contribution < -0.4 is 11.1 Å². The van der Waals surface area contributed by atoms with Gasteiger partial charge in [-0.15, -0.1) is 0 Å². The van der Waals surface area contributed by atoms with Crippen LogP contribution in [0, 0.1) is 39.3 Å². The highest BCUT2D eigenvalue weighted by Gasteiger charge is 2.38.